The number of nitrogens with zero attached hydrogens (tertiary/aromatic N) is 3. The Labute approximate surface area is 165 Å². The van der Waals surface area contributed by atoms with Gasteiger partial charge in [0.25, 0.3) is 5.91 Å². The standard InChI is InChI=1S/C22H28N4O2/c27-21(17-1-2-17)25-9-5-15(6-10-25)16-7-11-26(12-8-16)22(28)18-3-4-19-20(13-18)24-14-23-19/h3-4,13-17H,1-2,5-12H2,(H,23,24). The normalized spacial score (nSPS) is 22.0. The highest BCUT2D eigenvalue weighted by atomic mass is 16.2. The van der Waals surface area contributed by atoms with Crippen molar-refractivity contribution < 1.29 is 9.59 Å². The van der Waals surface area contributed by atoms with Crippen LogP contribution < -0.4 is 0 Å². The van der Waals surface area contributed by atoms with Crippen molar-refractivity contribution in [1.29, 1.82) is 0 Å². The number of carbonyl (C=O) groups is 2. The van der Waals surface area contributed by atoms with Crippen molar-refractivity contribution >= 4 is 22.8 Å². The van der Waals surface area contributed by atoms with E-state index in [9.17, 15) is 9.59 Å². The van der Waals surface area contributed by atoms with Crippen molar-refractivity contribution in [2.75, 3.05) is 26.2 Å². The monoisotopic (exact) mass is 380 g/mol. The molecule has 3 heterocycles. The molecule has 2 aliphatic heterocycles. The van der Waals surface area contributed by atoms with Crippen LogP contribution in [-0.4, -0.2) is 57.8 Å². The third-order valence-electron chi connectivity index (χ3n) is 6.94. The van der Waals surface area contributed by atoms with Crippen LogP contribution in [0.4, 0.5) is 0 Å². The molecule has 5 rings (SSSR count). The molecule has 2 saturated heterocycles. The van der Waals surface area contributed by atoms with E-state index in [1.807, 2.05) is 23.1 Å². The highest BCUT2D eigenvalue weighted by Crippen LogP contribution is 2.36. The zero-order valence-electron chi connectivity index (χ0n) is 16.3. The van der Waals surface area contributed by atoms with Gasteiger partial charge < -0.3 is 14.8 Å². The van der Waals surface area contributed by atoms with Crippen molar-refractivity contribution in [2.45, 2.75) is 38.5 Å². The summed E-state index contributed by atoms with van der Waals surface area (Å²) < 4.78 is 0. The van der Waals surface area contributed by atoms with Gasteiger partial charge in [-0.1, -0.05) is 0 Å². The molecule has 0 radical (unpaired) electrons. The number of hydrogen-bond donors (Lipinski definition) is 1. The smallest absolute Gasteiger partial charge is 0.253 e. The quantitative estimate of drug-likeness (QED) is 0.890. The van der Waals surface area contributed by atoms with Crippen LogP contribution in [0.5, 0.6) is 0 Å². The highest BCUT2D eigenvalue weighted by molar-refractivity contribution is 5.97. The number of H-pyrrole nitrogens is 1. The molecule has 1 saturated carbocycles. The minimum absolute atomic E-state index is 0.125. The fourth-order valence-corrected chi connectivity index (χ4v) is 5.00. The molecule has 0 unspecified atom stereocenters. The van der Waals surface area contributed by atoms with E-state index >= 15 is 0 Å². The number of hydrogen-bond acceptors (Lipinski definition) is 3. The van der Waals surface area contributed by atoms with Crippen LogP contribution in [-0.2, 0) is 4.79 Å². The van der Waals surface area contributed by atoms with Crippen molar-refractivity contribution in [3.05, 3.63) is 30.1 Å². The molecule has 0 spiro atoms. The Balaban J connectivity index is 1.14. The van der Waals surface area contributed by atoms with Gasteiger partial charge in [0.1, 0.15) is 0 Å². The van der Waals surface area contributed by atoms with E-state index in [4.69, 9.17) is 0 Å². The third kappa shape index (κ3) is 3.40. The molecule has 1 aromatic heterocycles. The van der Waals surface area contributed by atoms with Gasteiger partial charge >= 0.3 is 0 Å². The lowest BCUT2D eigenvalue weighted by atomic mass is 9.78. The van der Waals surface area contributed by atoms with E-state index in [0.717, 1.165) is 81.3 Å². The molecule has 1 aliphatic carbocycles. The summed E-state index contributed by atoms with van der Waals surface area (Å²) in [4.78, 5) is 36.5. The fourth-order valence-electron chi connectivity index (χ4n) is 5.00. The molecule has 6 nitrogen and oxygen atoms in total. The van der Waals surface area contributed by atoms with Crippen LogP contribution in [0.1, 0.15) is 48.9 Å². The van der Waals surface area contributed by atoms with Crippen LogP contribution in [0.15, 0.2) is 24.5 Å². The zero-order valence-corrected chi connectivity index (χ0v) is 16.3. The second kappa shape index (κ2) is 7.22. The van der Waals surface area contributed by atoms with Crippen molar-refractivity contribution in [3.8, 4) is 0 Å². The molecule has 2 amide bonds. The van der Waals surface area contributed by atoms with E-state index in [1.54, 1.807) is 6.33 Å². The summed E-state index contributed by atoms with van der Waals surface area (Å²) in [5.41, 5.74) is 2.54. The summed E-state index contributed by atoms with van der Waals surface area (Å²) in [6.45, 7) is 3.55. The number of benzene rings is 1. The van der Waals surface area contributed by atoms with Crippen LogP contribution in [0.3, 0.4) is 0 Å². The molecule has 2 aromatic rings. The minimum atomic E-state index is 0.125. The van der Waals surface area contributed by atoms with Gasteiger partial charge in [0.2, 0.25) is 5.91 Å². The maximum Gasteiger partial charge on any atom is 0.253 e. The zero-order chi connectivity index (χ0) is 19.1. The highest BCUT2D eigenvalue weighted by Gasteiger charge is 2.37. The SMILES string of the molecule is O=C(c1ccc2nc[nH]c2c1)N1CCC(C2CCN(C(=O)C3CC3)CC2)CC1. The molecule has 1 N–H and O–H groups in total. The van der Waals surface area contributed by atoms with Gasteiger partial charge in [-0.15, -0.1) is 0 Å². The summed E-state index contributed by atoms with van der Waals surface area (Å²) >= 11 is 0. The average Bonchev–Trinajstić information content (AvgIpc) is 3.50. The van der Waals surface area contributed by atoms with Gasteiger partial charge in [0, 0.05) is 37.7 Å². The van der Waals surface area contributed by atoms with E-state index in [0.29, 0.717) is 23.7 Å². The average molecular weight is 380 g/mol. The largest absolute Gasteiger partial charge is 0.345 e. The second-order valence-corrected chi connectivity index (χ2v) is 8.70. The summed E-state index contributed by atoms with van der Waals surface area (Å²) in [5, 5.41) is 0. The molecule has 148 valence electrons. The molecule has 28 heavy (non-hydrogen) atoms. The van der Waals surface area contributed by atoms with E-state index in [2.05, 4.69) is 14.9 Å². The fraction of sp³-hybridized carbons (Fsp3) is 0.591. The summed E-state index contributed by atoms with van der Waals surface area (Å²) in [5.74, 6) is 2.26. The lowest BCUT2D eigenvalue weighted by Gasteiger charge is -2.40. The number of aromatic amines is 1. The van der Waals surface area contributed by atoms with Gasteiger partial charge in [0.05, 0.1) is 17.4 Å². The van der Waals surface area contributed by atoms with E-state index in [-0.39, 0.29) is 5.91 Å². The predicted molar refractivity (Wildman–Crippen MR) is 107 cm³/mol. The molecule has 3 aliphatic rings. The van der Waals surface area contributed by atoms with Crippen molar-refractivity contribution in [1.82, 2.24) is 19.8 Å². The number of nitrogens with one attached hydrogen (secondary N) is 1. The van der Waals surface area contributed by atoms with Gasteiger partial charge in [-0.25, -0.2) is 4.98 Å². The number of imidazole rings is 1. The van der Waals surface area contributed by atoms with Gasteiger partial charge in [-0.3, -0.25) is 9.59 Å². The predicted octanol–water partition coefficient (Wildman–Crippen LogP) is 3.06. The maximum atomic E-state index is 12.9. The first-order chi connectivity index (χ1) is 13.7. The number of likely N-dealkylation sites (tertiary alicyclic amines) is 2. The number of carbonyl (C=O) groups excluding carboxylic acids is 2. The van der Waals surface area contributed by atoms with Crippen LogP contribution in [0.2, 0.25) is 0 Å². The van der Waals surface area contributed by atoms with Gasteiger partial charge in [-0.05, 0) is 68.6 Å². The van der Waals surface area contributed by atoms with E-state index < -0.39 is 0 Å². The second-order valence-electron chi connectivity index (χ2n) is 8.70. The Morgan fingerprint density at radius 2 is 1.54 bits per heavy atom. The van der Waals surface area contributed by atoms with Gasteiger partial charge in [-0.2, -0.15) is 0 Å². The van der Waals surface area contributed by atoms with Crippen LogP contribution in [0.25, 0.3) is 11.0 Å². The Morgan fingerprint density at radius 1 is 0.893 bits per heavy atom. The Bertz CT molecular complexity index is 872. The number of rotatable bonds is 3. The molecular weight excluding hydrogens is 352 g/mol. The Morgan fingerprint density at radius 3 is 2.18 bits per heavy atom. The molecule has 1 aromatic carbocycles. The first-order valence-corrected chi connectivity index (χ1v) is 10.7. The summed E-state index contributed by atoms with van der Waals surface area (Å²) in [7, 11) is 0. The van der Waals surface area contributed by atoms with Crippen LogP contribution in [0, 0.1) is 17.8 Å². The minimum Gasteiger partial charge on any atom is -0.345 e. The number of aromatic nitrogens is 2. The van der Waals surface area contributed by atoms with Crippen molar-refractivity contribution in [3.63, 3.8) is 0 Å². The maximum absolute atomic E-state index is 12.9. The summed E-state index contributed by atoms with van der Waals surface area (Å²) in [6.07, 6.45) is 8.28. The lowest BCUT2D eigenvalue weighted by molar-refractivity contribution is -0.134. The third-order valence-corrected chi connectivity index (χ3v) is 6.94. The Hall–Kier alpha value is -2.37. The topological polar surface area (TPSA) is 69.3 Å². The molecule has 0 atom stereocenters. The molecule has 6 heteroatoms. The lowest BCUT2D eigenvalue weighted by Crippen LogP contribution is -2.44. The van der Waals surface area contributed by atoms with Gasteiger partial charge in [0.15, 0.2) is 0 Å². The van der Waals surface area contributed by atoms with Crippen LogP contribution >= 0.6 is 0 Å². The van der Waals surface area contributed by atoms with E-state index in [1.165, 1.54) is 0 Å². The first kappa shape index (κ1) is 17.7. The first-order valence-electron chi connectivity index (χ1n) is 10.7. The number of amides is 2. The molecule has 0 bridgehead atoms. The Kier molecular flexibility index (Phi) is 4.57. The van der Waals surface area contributed by atoms with Crippen molar-refractivity contribution in [2.24, 2.45) is 17.8 Å². The molecular formula is C22H28N4O2. The molecule has 3 fully saturated rings. The summed E-state index contributed by atoms with van der Waals surface area (Å²) in [6, 6.07) is 5.69. The number of fused-ring (bicyclic) bond motifs is 1. The number of piperidine rings is 2.